The van der Waals surface area contributed by atoms with Gasteiger partial charge in [0.15, 0.2) is 0 Å². The number of pyridine rings is 1. The maximum Gasteiger partial charge on any atom is 0.256 e. The Morgan fingerprint density at radius 2 is 2.20 bits per heavy atom. The van der Waals surface area contributed by atoms with Crippen LogP contribution in [-0.4, -0.2) is 24.0 Å². The predicted molar refractivity (Wildman–Crippen MR) is 81.0 cm³/mol. The predicted octanol–water partition coefficient (Wildman–Crippen LogP) is 3.43. The molecular weight excluding hydrogens is 252 g/mol. The third-order valence-electron chi connectivity index (χ3n) is 3.39. The number of aromatic nitrogens is 1. The Balaban J connectivity index is 2.57. The summed E-state index contributed by atoms with van der Waals surface area (Å²) in [5.41, 5.74) is 0.514. The summed E-state index contributed by atoms with van der Waals surface area (Å²) in [7, 11) is 0. The fourth-order valence-corrected chi connectivity index (χ4v) is 2.09. The smallest absolute Gasteiger partial charge is 0.256 e. The highest BCUT2D eigenvalue weighted by Crippen LogP contribution is 2.15. The number of unbranched alkanes of at least 4 members (excludes halogenated alkanes) is 1. The Kier molecular flexibility index (Phi) is 7.70. The van der Waals surface area contributed by atoms with Crippen molar-refractivity contribution in [2.45, 2.75) is 46.5 Å². The average molecular weight is 278 g/mol. The number of amides is 1. The SMILES string of the molecule is CCCC[C@H](CC)CNC(=O)c1cccnc1OCC. The van der Waals surface area contributed by atoms with Gasteiger partial charge in [0.05, 0.1) is 6.61 Å². The van der Waals surface area contributed by atoms with Crippen LogP contribution in [0.15, 0.2) is 18.3 Å². The molecule has 0 aliphatic heterocycles. The van der Waals surface area contributed by atoms with E-state index in [4.69, 9.17) is 4.74 Å². The first-order valence-corrected chi connectivity index (χ1v) is 7.58. The number of rotatable bonds is 9. The van der Waals surface area contributed by atoms with Gasteiger partial charge in [-0.15, -0.1) is 0 Å². The van der Waals surface area contributed by atoms with Crippen LogP contribution >= 0.6 is 0 Å². The van der Waals surface area contributed by atoms with Crippen LogP contribution in [0, 0.1) is 5.92 Å². The molecule has 0 fully saturated rings. The molecule has 0 bridgehead atoms. The second kappa shape index (κ2) is 9.34. The van der Waals surface area contributed by atoms with Crippen molar-refractivity contribution in [2.75, 3.05) is 13.2 Å². The third-order valence-corrected chi connectivity index (χ3v) is 3.39. The molecule has 1 rings (SSSR count). The molecule has 1 aromatic rings. The topological polar surface area (TPSA) is 51.2 Å². The Hall–Kier alpha value is -1.58. The number of nitrogens with zero attached hydrogens (tertiary/aromatic N) is 1. The Bertz CT molecular complexity index is 407. The van der Waals surface area contributed by atoms with Crippen LogP contribution in [0.2, 0.25) is 0 Å². The highest BCUT2D eigenvalue weighted by molar-refractivity contribution is 5.96. The number of ether oxygens (including phenoxy) is 1. The molecule has 1 heterocycles. The standard InChI is InChI=1S/C16H26N2O2/c1-4-7-9-13(5-2)12-18-15(19)14-10-8-11-17-16(14)20-6-3/h8,10-11,13H,4-7,9,12H2,1-3H3,(H,18,19)/t13-/m0/s1. The highest BCUT2D eigenvalue weighted by atomic mass is 16.5. The molecule has 0 aromatic carbocycles. The van der Waals surface area contributed by atoms with Crippen molar-refractivity contribution in [3.8, 4) is 5.88 Å². The number of carbonyl (C=O) groups excluding carboxylic acids is 1. The molecule has 0 saturated heterocycles. The zero-order chi connectivity index (χ0) is 14.8. The summed E-state index contributed by atoms with van der Waals surface area (Å²) in [5.74, 6) is 0.858. The van der Waals surface area contributed by atoms with Crippen molar-refractivity contribution in [1.82, 2.24) is 10.3 Å². The van der Waals surface area contributed by atoms with Gasteiger partial charge in [0.25, 0.3) is 5.91 Å². The van der Waals surface area contributed by atoms with Crippen molar-refractivity contribution >= 4 is 5.91 Å². The van der Waals surface area contributed by atoms with Crippen molar-refractivity contribution < 1.29 is 9.53 Å². The van der Waals surface area contributed by atoms with Gasteiger partial charge in [-0.2, -0.15) is 0 Å². The number of hydrogen-bond donors (Lipinski definition) is 1. The molecule has 0 radical (unpaired) electrons. The molecule has 1 atom stereocenters. The first-order chi connectivity index (χ1) is 9.72. The lowest BCUT2D eigenvalue weighted by Crippen LogP contribution is -2.29. The van der Waals surface area contributed by atoms with E-state index in [0.717, 1.165) is 13.0 Å². The molecule has 20 heavy (non-hydrogen) atoms. The van der Waals surface area contributed by atoms with Crippen LogP contribution in [0.1, 0.15) is 56.8 Å². The van der Waals surface area contributed by atoms with E-state index >= 15 is 0 Å². The first-order valence-electron chi connectivity index (χ1n) is 7.58. The molecule has 1 amide bonds. The summed E-state index contributed by atoms with van der Waals surface area (Å²) < 4.78 is 5.38. The zero-order valence-electron chi connectivity index (χ0n) is 12.8. The summed E-state index contributed by atoms with van der Waals surface area (Å²) >= 11 is 0. The highest BCUT2D eigenvalue weighted by Gasteiger charge is 2.14. The lowest BCUT2D eigenvalue weighted by molar-refractivity contribution is 0.0941. The summed E-state index contributed by atoms with van der Waals surface area (Å²) in [6.45, 7) is 7.47. The molecule has 4 heteroatoms. The lowest BCUT2D eigenvalue weighted by Gasteiger charge is -2.16. The van der Waals surface area contributed by atoms with Crippen molar-refractivity contribution in [1.29, 1.82) is 0 Å². The van der Waals surface area contributed by atoms with E-state index in [2.05, 4.69) is 24.1 Å². The maximum atomic E-state index is 12.2. The minimum atomic E-state index is -0.100. The van der Waals surface area contributed by atoms with Crippen molar-refractivity contribution in [3.05, 3.63) is 23.9 Å². The largest absolute Gasteiger partial charge is 0.477 e. The summed E-state index contributed by atoms with van der Waals surface area (Å²) in [6.07, 6.45) is 6.30. The summed E-state index contributed by atoms with van der Waals surface area (Å²) in [4.78, 5) is 16.3. The number of nitrogens with one attached hydrogen (secondary N) is 1. The van der Waals surface area contributed by atoms with Gasteiger partial charge in [0.2, 0.25) is 5.88 Å². The van der Waals surface area contributed by atoms with Crippen molar-refractivity contribution in [2.24, 2.45) is 5.92 Å². The molecule has 4 nitrogen and oxygen atoms in total. The van der Waals surface area contributed by atoms with E-state index < -0.39 is 0 Å². The fourth-order valence-electron chi connectivity index (χ4n) is 2.09. The Morgan fingerprint density at radius 1 is 1.40 bits per heavy atom. The van der Waals surface area contributed by atoms with E-state index in [1.54, 1.807) is 18.3 Å². The third kappa shape index (κ3) is 5.19. The van der Waals surface area contributed by atoms with Gasteiger partial charge in [-0.25, -0.2) is 4.98 Å². The zero-order valence-corrected chi connectivity index (χ0v) is 12.8. The van der Waals surface area contributed by atoms with E-state index in [9.17, 15) is 4.79 Å². The molecule has 0 unspecified atom stereocenters. The van der Waals surface area contributed by atoms with Gasteiger partial charge in [0, 0.05) is 12.7 Å². The summed E-state index contributed by atoms with van der Waals surface area (Å²) in [5, 5.41) is 3.00. The lowest BCUT2D eigenvalue weighted by atomic mass is 9.99. The minimum Gasteiger partial charge on any atom is -0.477 e. The van der Waals surface area contributed by atoms with E-state index in [1.807, 2.05) is 6.92 Å². The quantitative estimate of drug-likeness (QED) is 0.753. The molecule has 1 aromatic heterocycles. The van der Waals surface area contributed by atoms with Crippen LogP contribution in [0.5, 0.6) is 5.88 Å². The van der Waals surface area contributed by atoms with Gasteiger partial charge in [-0.1, -0.05) is 33.1 Å². The van der Waals surface area contributed by atoms with Crippen LogP contribution in [0.4, 0.5) is 0 Å². The minimum absolute atomic E-state index is 0.100. The molecule has 0 aliphatic carbocycles. The number of carbonyl (C=O) groups is 1. The molecule has 0 aliphatic rings. The average Bonchev–Trinajstić information content (AvgIpc) is 2.48. The Morgan fingerprint density at radius 3 is 2.85 bits per heavy atom. The monoisotopic (exact) mass is 278 g/mol. The molecular formula is C16H26N2O2. The van der Waals surface area contributed by atoms with Crippen molar-refractivity contribution in [3.63, 3.8) is 0 Å². The van der Waals surface area contributed by atoms with E-state index in [0.29, 0.717) is 24.0 Å². The van der Waals surface area contributed by atoms with Crippen LogP contribution < -0.4 is 10.1 Å². The van der Waals surface area contributed by atoms with Gasteiger partial charge >= 0.3 is 0 Å². The van der Waals surface area contributed by atoms with Gasteiger partial charge in [-0.05, 0) is 31.4 Å². The summed E-state index contributed by atoms with van der Waals surface area (Å²) in [6, 6.07) is 3.51. The second-order valence-corrected chi connectivity index (χ2v) is 4.92. The van der Waals surface area contributed by atoms with Crippen LogP contribution in [0.25, 0.3) is 0 Å². The maximum absolute atomic E-state index is 12.2. The van der Waals surface area contributed by atoms with Crippen LogP contribution in [0.3, 0.4) is 0 Å². The number of hydrogen-bond acceptors (Lipinski definition) is 3. The molecule has 0 spiro atoms. The molecule has 0 saturated carbocycles. The van der Waals surface area contributed by atoms with E-state index in [1.165, 1.54) is 19.3 Å². The van der Waals surface area contributed by atoms with Crippen LogP contribution in [-0.2, 0) is 0 Å². The molecule has 1 N–H and O–H groups in total. The van der Waals surface area contributed by atoms with Gasteiger partial charge in [-0.3, -0.25) is 4.79 Å². The molecule has 112 valence electrons. The first kappa shape index (κ1) is 16.5. The van der Waals surface area contributed by atoms with Gasteiger partial charge in [0.1, 0.15) is 5.56 Å². The normalized spacial score (nSPS) is 11.9. The fraction of sp³-hybridized carbons (Fsp3) is 0.625. The second-order valence-electron chi connectivity index (χ2n) is 4.92. The van der Waals surface area contributed by atoms with Gasteiger partial charge < -0.3 is 10.1 Å². The van der Waals surface area contributed by atoms with E-state index in [-0.39, 0.29) is 5.91 Å². The Labute approximate surface area is 121 Å².